The first-order chi connectivity index (χ1) is 14.1. The van der Waals surface area contributed by atoms with Crippen molar-refractivity contribution in [2.45, 2.75) is 59.9 Å². The maximum atomic E-state index is 12.5. The number of nitrogens with one attached hydrogen (secondary N) is 1. The quantitative estimate of drug-likeness (QED) is 0.566. The molecule has 1 aromatic carbocycles. The zero-order chi connectivity index (χ0) is 22.2. The summed E-state index contributed by atoms with van der Waals surface area (Å²) in [6.07, 6.45) is 0.805. The number of benzene rings is 1. The number of carbonyl (C=O) groups excluding carboxylic acids is 1. The minimum atomic E-state index is -1.06. The van der Waals surface area contributed by atoms with Gasteiger partial charge in [-0.05, 0) is 50.3 Å². The Hall–Kier alpha value is -3.09. The molecule has 0 bridgehead atoms. The summed E-state index contributed by atoms with van der Waals surface area (Å²) in [5.41, 5.74) is 2.81. The van der Waals surface area contributed by atoms with Gasteiger partial charge in [-0.1, -0.05) is 20.3 Å². The molecule has 0 aliphatic heterocycles. The van der Waals surface area contributed by atoms with Gasteiger partial charge < -0.3 is 19.3 Å². The van der Waals surface area contributed by atoms with Crippen LogP contribution < -0.4 is 10.9 Å². The molecule has 0 saturated heterocycles. The van der Waals surface area contributed by atoms with Crippen LogP contribution in [0.5, 0.6) is 0 Å². The van der Waals surface area contributed by atoms with Gasteiger partial charge in [0.2, 0.25) is 5.91 Å². The average Bonchev–Trinajstić information content (AvgIpc) is 2.97. The van der Waals surface area contributed by atoms with E-state index in [-0.39, 0.29) is 18.8 Å². The van der Waals surface area contributed by atoms with Gasteiger partial charge in [0.25, 0.3) is 0 Å². The molecule has 2 N–H and O–H groups in total. The fourth-order valence-corrected chi connectivity index (χ4v) is 3.68. The van der Waals surface area contributed by atoms with Crippen molar-refractivity contribution in [3.05, 3.63) is 45.0 Å². The fourth-order valence-electron chi connectivity index (χ4n) is 3.68. The molecule has 1 amide bonds. The number of rotatable bonds is 7. The molecule has 0 unspecified atom stereocenters. The van der Waals surface area contributed by atoms with Gasteiger partial charge in [0.15, 0.2) is 0 Å². The maximum Gasteiger partial charge on any atom is 0.339 e. The van der Waals surface area contributed by atoms with Crippen LogP contribution in [-0.4, -0.2) is 23.0 Å². The second-order valence-corrected chi connectivity index (χ2v) is 7.89. The lowest BCUT2D eigenvalue weighted by molar-refractivity contribution is -0.143. The van der Waals surface area contributed by atoms with Gasteiger partial charge in [-0.15, -0.1) is 0 Å². The summed E-state index contributed by atoms with van der Waals surface area (Å²) >= 11 is 0. The molecule has 2 heterocycles. The van der Waals surface area contributed by atoms with Crippen molar-refractivity contribution in [3.8, 4) is 0 Å². The van der Waals surface area contributed by atoms with Gasteiger partial charge in [-0.2, -0.15) is 0 Å². The van der Waals surface area contributed by atoms with Crippen LogP contribution in [0, 0.1) is 26.7 Å². The molecule has 3 rings (SSSR count). The first kappa shape index (κ1) is 21.6. The first-order valence-corrected chi connectivity index (χ1v) is 10.1. The Bertz CT molecular complexity index is 1190. The van der Waals surface area contributed by atoms with Gasteiger partial charge >= 0.3 is 11.6 Å². The number of aryl methyl sites for hydroxylation is 3. The van der Waals surface area contributed by atoms with Crippen molar-refractivity contribution in [2.75, 3.05) is 0 Å². The van der Waals surface area contributed by atoms with Crippen LogP contribution in [0.4, 0.5) is 0 Å². The molecule has 2 atom stereocenters. The maximum absolute atomic E-state index is 12.5. The Kier molecular flexibility index (Phi) is 6.01. The van der Waals surface area contributed by atoms with Crippen molar-refractivity contribution in [3.63, 3.8) is 0 Å². The van der Waals surface area contributed by atoms with E-state index in [0.717, 1.165) is 27.7 Å². The Balaban J connectivity index is 1.88. The fraction of sp³-hybridized carbons (Fsp3) is 0.435. The number of fused-ring (bicyclic) bond motifs is 2. The van der Waals surface area contributed by atoms with E-state index in [1.165, 1.54) is 0 Å². The molecule has 30 heavy (non-hydrogen) atoms. The molecule has 160 valence electrons. The van der Waals surface area contributed by atoms with Crippen LogP contribution in [-0.2, 0) is 16.0 Å². The number of amides is 1. The summed E-state index contributed by atoms with van der Waals surface area (Å²) in [6, 6.07) is 2.72. The third-order valence-electron chi connectivity index (χ3n) is 5.98. The first-order valence-electron chi connectivity index (χ1n) is 10.1. The van der Waals surface area contributed by atoms with Crippen LogP contribution in [0.3, 0.4) is 0 Å². The normalized spacial score (nSPS) is 13.5. The summed E-state index contributed by atoms with van der Waals surface area (Å²) in [5.74, 6) is -0.846. The number of carboxylic acids is 1. The molecule has 2 aromatic heterocycles. The third-order valence-corrected chi connectivity index (χ3v) is 5.98. The summed E-state index contributed by atoms with van der Waals surface area (Å²) in [7, 11) is 0. The third kappa shape index (κ3) is 3.97. The number of furan rings is 1. The standard InChI is InChI=1S/C23H27NO6/c1-6-11(2)21(22(26)27)24-20(25)8-7-15-13(4)17-9-16-12(3)14(5)29-18(16)10-19(17)30-23(15)28/h9-11,21H,6-8H2,1-5H3,(H,24,25)(H,26,27)/t11-,21+/m0/s1. The highest BCUT2D eigenvalue weighted by Crippen LogP contribution is 2.31. The molecule has 3 aromatic rings. The topological polar surface area (TPSA) is 110 Å². The number of hydrogen-bond acceptors (Lipinski definition) is 5. The molecule has 7 heteroatoms. The largest absolute Gasteiger partial charge is 0.480 e. The molecule has 0 spiro atoms. The minimum absolute atomic E-state index is 0.00338. The van der Waals surface area contributed by atoms with Crippen molar-refractivity contribution in [1.29, 1.82) is 0 Å². The zero-order valence-corrected chi connectivity index (χ0v) is 17.9. The van der Waals surface area contributed by atoms with E-state index >= 15 is 0 Å². The molecule has 0 radical (unpaired) electrons. The molecule has 0 aliphatic carbocycles. The van der Waals surface area contributed by atoms with Crippen LogP contribution in [0.1, 0.15) is 49.1 Å². The summed E-state index contributed by atoms with van der Waals surface area (Å²) in [5, 5.41) is 13.7. The second-order valence-electron chi connectivity index (χ2n) is 7.89. The molecule has 0 fully saturated rings. The van der Waals surface area contributed by atoms with Crippen LogP contribution in [0.2, 0.25) is 0 Å². The number of hydrogen-bond donors (Lipinski definition) is 2. The average molecular weight is 413 g/mol. The van der Waals surface area contributed by atoms with E-state index in [9.17, 15) is 19.5 Å². The monoisotopic (exact) mass is 413 g/mol. The molecule has 0 aliphatic rings. The SMILES string of the molecule is CC[C@H](C)[C@@H](NC(=O)CCc1c(C)c2cc3c(C)c(C)oc3cc2oc1=O)C(=O)O. The molecule has 7 nitrogen and oxygen atoms in total. The summed E-state index contributed by atoms with van der Waals surface area (Å²) in [4.78, 5) is 36.3. The summed E-state index contributed by atoms with van der Waals surface area (Å²) in [6.45, 7) is 9.34. The molecular formula is C23H27NO6. The van der Waals surface area contributed by atoms with Crippen molar-refractivity contribution >= 4 is 33.8 Å². The van der Waals surface area contributed by atoms with Gasteiger partial charge in [-0.3, -0.25) is 4.79 Å². The highest BCUT2D eigenvalue weighted by atomic mass is 16.4. The lowest BCUT2D eigenvalue weighted by Crippen LogP contribution is -2.45. The Morgan fingerprint density at radius 2 is 1.70 bits per heavy atom. The lowest BCUT2D eigenvalue weighted by atomic mass is 9.98. The van der Waals surface area contributed by atoms with E-state index in [4.69, 9.17) is 8.83 Å². The molecule has 0 saturated carbocycles. The summed E-state index contributed by atoms with van der Waals surface area (Å²) < 4.78 is 11.2. The van der Waals surface area contributed by atoms with Crippen molar-refractivity contribution in [1.82, 2.24) is 5.32 Å². The van der Waals surface area contributed by atoms with E-state index in [2.05, 4.69) is 5.32 Å². The van der Waals surface area contributed by atoms with Gasteiger partial charge in [0, 0.05) is 28.8 Å². The number of carbonyl (C=O) groups is 2. The van der Waals surface area contributed by atoms with Crippen LogP contribution >= 0.6 is 0 Å². The highest BCUT2D eigenvalue weighted by Gasteiger charge is 2.25. The van der Waals surface area contributed by atoms with Gasteiger partial charge in [0.1, 0.15) is 23.0 Å². The highest BCUT2D eigenvalue weighted by molar-refractivity contribution is 5.96. The van der Waals surface area contributed by atoms with E-state index < -0.39 is 23.5 Å². The van der Waals surface area contributed by atoms with Gasteiger partial charge in [-0.25, -0.2) is 9.59 Å². The van der Waals surface area contributed by atoms with Crippen LogP contribution in [0.25, 0.3) is 21.9 Å². The molecular weight excluding hydrogens is 386 g/mol. The Labute approximate surface area is 174 Å². The van der Waals surface area contributed by atoms with E-state index in [0.29, 0.717) is 23.2 Å². The van der Waals surface area contributed by atoms with Gasteiger partial charge in [0.05, 0.1) is 0 Å². The number of aliphatic carboxylic acids is 1. The van der Waals surface area contributed by atoms with Crippen LogP contribution in [0.15, 0.2) is 25.8 Å². The Morgan fingerprint density at radius 1 is 1.07 bits per heavy atom. The zero-order valence-electron chi connectivity index (χ0n) is 17.9. The predicted octanol–water partition coefficient (Wildman–Crippen LogP) is 4.01. The smallest absolute Gasteiger partial charge is 0.339 e. The Morgan fingerprint density at radius 3 is 2.33 bits per heavy atom. The number of carboxylic acid groups (broad SMARTS) is 1. The second kappa shape index (κ2) is 8.34. The minimum Gasteiger partial charge on any atom is -0.480 e. The van der Waals surface area contributed by atoms with E-state index in [1.54, 1.807) is 13.0 Å². The predicted molar refractivity (Wildman–Crippen MR) is 114 cm³/mol. The van der Waals surface area contributed by atoms with E-state index in [1.807, 2.05) is 33.8 Å². The lowest BCUT2D eigenvalue weighted by Gasteiger charge is -2.20. The van der Waals surface area contributed by atoms with Crippen molar-refractivity contribution < 1.29 is 23.5 Å². The van der Waals surface area contributed by atoms with Crippen molar-refractivity contribution in [2.24, 2.45) is 5.92 Å².